The minimum Gasteiger partial charge on any atom is -0.508 e. The van der Waals surface area contributed by atoms with Crippen molar-refractivity contribution in [2.24, 2.45) is 0 Å². The van der Waals surface area contributed by atoms with Gasteiger partial charge in [-0.3, -0.25) is 4.79 Å². The second-order valence-corrected chi connectivity index (χ2v) is 6.40. The number of esters is 1. The molecule has 1 radical (unpaired) electrons. The summed E-state index contributed by atoms with van der Waals surface area (Å²) < 4.78 is 11.7. The summed E-state index contributed by atoms with van der Waals surface area (Å²) in [6, 6.07) is 13.6. The van der Waals surface area contributed by atoms with Crippen molar-refractivity contribution in [3.63, 3.8) is 0 Å². The second-order valence-electron chi connectivity index (χ2n) is 6.40. The smallest absolute Gasteiger partial charge is 0.340 e. The minimum atomic E-state index is -1.36. The molecule has 3 aromatic carbocycles. The summed E-state index contributed by atoms with van der Waals surface area (Å²) >= 11 is 0. The molecule has 131 valence electrons. The number of carbonyl (C=O) groups is 1. The maximum Gasteiger partial charge on any atom is 0.340 e. The number of hydrogen-bond donors (Lipinski definition) is 2. The molecule has 3 aromatic rings. The first kappa shape index (κ1) is 15.5. The van der Waals surface area contributed by atoms with Gasteiger partial charge in [-0.2, -0.15) is 0 Å². The maximum absolute atomic E-state index is 12.6. The highest BCUT2D eigenvalue weighted by Crippen LogP contribution is 2.56. The van der Waals surface area contributed by atoms with Crippen LogP contribution >= 0.6 is 0 Å². The van der Waals surface area contributed by atoms with Crippen LogP contribution in [0.25, 0.3) is 0 Å². The van der Waals surface area contributed by atoms with Gasteiger partial charge in [-0.05, 0) is 36.4 Å². The Morgan fingerprint density at radius 1 is 0.815 bits per heavy atom. The molecule has 0 fully saturated rings. The zero-order chi connectivity index (χ0) is 18.8. The van der Waals surface area contributed by atoms with Crippen LogP contribution < -0.4 is 4.74 Å². The normalized spacial score (nSPS) is 15.3. The molecule has 0 aromatic heterocycles. The molecule has 0 saturated carbocycles. The highest BCUT2D eigenvalue weighted by Gasteiger charge is 2.53. The third-order valence-corrected chi connectivity index (χ3v) is 4.89. The lowest BCUT2D eigenvalue weighted by atomic mass is 9.77. The quantitative estimate of drug-likeness (QED) is 0.649. The van der Waals surface area contributed by atoms with Crippen LogP contribution in [0.1, 0.15) is 32.6 Å². The zero-order valence-corrected chi connectivity index (χ0v) is 13.7. The average Bonchev–Trinajstić information content (AvgIpc) is 2.94. The molecule has 5 rings (SSSR count). The molecule has 6 heteroatoms. The van der Waals surface area contributed by atoms with Crippen molar-refractivity contribution in [2.45, 2.75) is 5.60 Å². The molecule has 0 amide bonds. The predicted octanol–water partition coefficient (Wildman–Crippen LogP) is 3.12. The Hall–Kier alpha value is -3.80. The maximum atomic E-state index is 12.6. The molecular formula is C21H11O6. The second kappa shape index (κ2) is 5.11. The molecule has 0 unspecified atom stereocenters. The molecule has 0 saturated heterocycles. The minimum absolute atomic E-state index is 0.0213. The van der Waals surface area contributed by atoms with Crippen LogP contribution in [0, 0.1) is 0 Å². The molecule has 2 heterocycles. The van der Waals surface area contributed by atoms with Crippen molar-refractivity contribution in [3.8, 4) is 23.0 Å². The standard InChI is InChI=1S/C21H11O6/c22-10-11-1-4-14-17(7-11)21(27-20(14)25)15-5-2-12(23)8-18(15)26-19-9-13(24)3-6-16(19)21/h1-9,23-24H. The van der Waals surface area contributed by atoms with E-state index < -0.39 is 11.6 Å². The fraction of sp³-hybridized carbons (Fsp3) is 0.0476. The van der Waals surface area contributed by atoms with Crippen LogP contribution in [-0.4, -0.2) is 22.5 Å². The molecule has 27 heavy (non-hydrogen) atoms. The van der Waals surface area contributed by atoms with Crippen molar-refractivity contribution in [2.75, 3.05) is 0 Å². The molecule has 6 nitrogen and oxygen atoms in total. The van der Waals surface area contributed by atoms with Crippen molar-refractivity contribution >= 4 is 12.3 Å². The van der Waals surface area contributed by atoms with Gasteiger partial charge in [0.05, 0.1) is 5.56 Å². The number of aromatic hydroxyl groups is 2. The fourth-order valence-corrected chi connectivity index (χ4v) is 3.76. The van der Waals surface area contributed by atoms with E-state index in [0.717, 1.165) is 0 Å². The molecule has 2 N–H and O–H groups in total. The Kier molecular flexibility index (Phi) is 2.92. The van der Waals surface area contributed by atoms with Gasteiger partial charge in [0.1, 0.15) is 23.0 Å². The van der Waals surface area contributed by atoms with E-state index in [4.69, 9.17) is 9.47 Å². The number of hydrogen-bond acceptors (Lipinski definition) is 6. The van der Waals surface area contributed by atoms with Crippen molar-refractivity contribution < 1.29 is 29.3 Å². The van der Waals surface area contributed by atoms with E-state index in [1.54, 1.807) is 18.2 Å². The van der Waals surface area contributed by atoms with Crippen molar-refractivity contribution in [3.05, 3.63) is 82.4 Å². The van der Waals surface area contributed by atoms with E-state index in [2.05, 4.69) is 0 Å². The van der Waals surface area contributed by atoms with E-state index in [1.165, 1.54) is 36.4 Å². The molecule has 0 atom stereocenters. The first-order valence-electron chi connectivity index (χ1n) is 8.14. The summed E-state index contributed by atoms with van der Waals surface area (Å²) in [6.07, 6.45) is 1.83. The number of phenolic OH excluding ortho intramolecular Hbond substituents is 2. The molecule has 1 spiro atoms. The van der Waals surface area contributed by atoms with Gasteiger partial charge in [0.25, 0.3) is 0 Å². The van der Waals surface area contributed by atoms with E-state index in [-0.39, 0.29) is 28.6 Å². The number of ether oxygens (including phenoxy) is 2. The monoisotopic (exact) mass is 359 g/mol. The Bertz CT molecular complexity index is 1100. The Morgan fingerprint density at radius 2 is 1.44 bits per heavy atom. The zero-order valence-electron chi connectivity index (χ0n) is 13.7. The van der Waals surface area contributed by atoms with Gasteiger partial charge in [-0.25, -0.2) is 4.79 Å². The Balaban J connectivity index is 1.91. The number of fused-ring (bicyclic) bond motifs is 6. The number of rotatable bonds is 1. The van der Waals surface area contributed by atoms with Crippen LogP contribution in [0.15, 0.2) is 54.6 Å². The summed E-state index contributed by atoms with van der Waals surface area (Å²) in [5.41, 5.74) is 0.745. The number of phenols is 2. The molecular weight excluding hydrogens is 348 g/mol. The van der Waals surface area contributed by atoms with Crippen LogP contribution in [0.4, 0.5) is 0 Å². The topological polar surface area (TPSA) is 93.1 Å². The number of benzene rings is 3. The predicted molar refractivity (Wildman–Crippen MR) is 92.8 cm³/mol. The highest BCUT2D eigenvalue weighted by atomic mass is 16.6. The Labute approximate surface area is 153 Å². The Morgan fingerprint density at radius 3 is 2.04 bits per heavy atom. The van der Waals surface area contributed by atoms with E-state index in [0.29, 0.717) is 22.3 Å². The van der Waals surface area contributed by atoms with E-state index in [9.17, 15) is 19.8 Å². The molecule has 2 aliphatic heterocycles. The van der Waals surface area contributed by atoms with E-state index >= 15 is 0 Å². The first-order valence-corrected chi connectivity index (χ1v) is 8.14. The van der Waals surface area contributed by atoms with Gasteiger partial charge < -0.3 is 19.7 Å². The fourth-order valence-electron chi connectivity index (χ4n) is 3.76. The van der Waals surface area contributed by atoms with Gasteiger partial charge in [0.2, 0.25) is 6.29 Å². The summed E-state index contributed by atoms with van der Waals surface area (Å²) in [4.78, 5) is 23.8. The third-order valence-electron chi connectivity index (χ3n) is 4.89. The van der Waals surface area contributed by atoms with Gasteiger partial charge in [-0.15, -0.1) is 0 Å². The van der Waals surface area contributed by atoms with Gasteiger partial charge in [0.15, 0.2) is 5.60 Å². The van der Waals surface area contributed by atoms with Gasteiger partial charge in [-0.1, -0.05) is 6.07 Å². The van der Waals surface area contributed by atoms with E-state index in [1.807, 2.05) is 6.29 Å². The van der Waals surface area contributed by atoms with Gasteiger partial charge >= 0.3 is 5.97 Å². The van der Waals surface area contributed by atoms with Crippen LogP contribution in [-0.2, 0) is 15.1 Å². The van der Waals surface area contributed by atoms with Gasteiger partial charge in [0, 0.05) is 34.4 Å². The summed E-state index contributed by atoms with van der Waals surface area (Å²) in [6.45, 7) is 0. The lowest BCUT2D eigenvalue weighted by Gasteiger charge is -2.36. The first-order chi connectivity index (χ1) is 13.0. The lowest BCUT2D eigenvalue weighted by molar-refractivity contribution is 0.0224. The molecule has 2 aliphatic rings. The number of carbonyl (C=O) groups excluding carboxylic acids is 2. The van der Waals surface area contributed by atoms with Crippen LogP contribution in [0.3, 0.4) is 0 Å². The lowest BCUT2D eigenvalue weighted by Crippen LogP contribution is -2.33. The largest absolute Gasteiger partial charge is 0.508 e. The van der Waals surface area contributed by atoms with Crippen LogP contribution in [0.5, 0.6) is 23.0 Å². The molecule has 0 bridgehead atoms. The van der Waals surface area contributed by atoms with Crippen LogP contribution in [0.2, 0.25) is 0 Å². The summed E-state index contributed by atoms with van der Waals surface area (Å²) in [5.74, 6) is -0.00933. The summed E-state index contributed by atoms with van der Waals surface area (Å²) in [5, 5.41) is 19.7. The third kappa shape index (κ3) is 1.95. The SMILES string of the molecule is O=[C]c1ccc2c(c1)C1(OC2=O)c2ccc(O)cc2Oc2cc(O)ccc21. The van der Waals surface area contributed by atoms with Crippen molar-refractivity contribution in [1.82, 2.24) is 0 Å². The highest BCUT2D eigenvalue weighted by molar-refractivity contribution is 5.98. The average molecular weight is 359 g/mol. The molecule has 0 aliphatic carbocycles. The van der Waals surface area contributed by atoms with Crippen molar-refractivity contribution in [1.29, 1.82) is 0 Å². The summed E-state index contributed by atoms with van der Waals surface area (Å²) in [7, 11) is 0.